The van der Waals surface area contributed by atoms with Crippen LogP contribution in [0.1, 0.15) is 59.9 Å². The SMILES string of the molecule is OC(c1cc2c(s1)CCCCC2)C1CCC1. The van der Waals surface area contributed by atoms with Crippen molar-refractivity contribution in [3.63, 3.8) is 0 Å². The first-order valence-electron chi connectivity index (χ1n) is 6.64. The molecule has 1 fully saturated rings. The number of aliphatic hydroxyl groups excluding tert-OH is 1. The van der Waals surface area contributed by atoms with Gasteiger partial charge in [-0.05, 0) is 56.1 Å². The first kappa shape index (κ1) is 10.8. The number of rotatable bonds is 2. The second kappa shape index (κ2) is 4.50. The van der Waals surface area contributed by atoms with Crippen LogP contribution in [0.3, 0.4) is 0 Å². The maximum absolute atomic E-state index is 10.3. The predicted octanol–water partition coefficient (Wildman–Crippen LogP) is 3.85. The molecule has 1 aromatic rings. The van der Waals surface area contributed by atoms with E-state index in [-0.39, 0.29) is 6.10 Å². The monoisotopic (exact) mass is 236 g/mol. The molecule has 0 saturated heterocycles. The van der Waals surface area contributed by atoms with Gasteiger partial charge in [0.25, 0.3) is 0 Å². The van der Waals surface area contributed by atoms with Crippen molar-refractivity contribution in [3.05, 3.63) is 21.4 Å². The number of fused-ring (bicyclic) bond motifs is 1. The fourth-order valence-electron chi connectivity index (χ4n) is 2.82. The van der Waals surface area contributed by atoms with E-state index in [0.29, 0.717) is 5.92 Å². The minimum Gasteiger partial charge on any atom is -0.387 e. The van der Waals surface area contributed by atoms with Crippen LogP contribution in [0.15, 0.2) is 6.07 Å². The molecule has 1 atom stereocenters. The van der Waals surface area contributed by atoms with Gasteiger partial charge in [-0.15, -0.1) is 11.3 Å². The summed E-state index contributed by atoms with van der Waals surface area (Å²) in [5, 5.41) is 10.3. The molecule has 0 radical (unpaired) electrons. The third kappa shape index (κ3) is 1.93. The lowest BCUT2D eigenvalue weighted by Gasteiger charge is -2.29. The second-order valence-electron chi connectivity index (χ2n) is 5.29. The standard InChI is InChI=1S/C14H20OS/c15-14(10-6-4-7-10)13-9-11-5-2-1-3-8-12(11)16-13/h9-10,14-15H,1-8H2. The highest BCUT2D eigenvalue weighted by Crippen LogP contribution is 2.41. The topological polar surface area (TPSA) is 20.2 Å². The van der Waals surface area contributed by atoms with Crippen molar-refractivity contribution in [3.8, 4) is 0 Å². The fraction of sp³-hybridized carbons (Fsp3) is 0.714. The highest BCUT2D eigenvalue weighted by Gasteiger charge is 2.28. The van der Waals surface area contributed by atoms with Gasteiger partial charge in [0.2, 0.25) is 0 Å². The molecule has 0 aliphatic heterocycles. The predicted molar refractivity (Wildman–Crippen MR) is 67.9 cm³/mol. The Labute approximate surface area is 102 Å². The summed E-state index contributed by atoms with van der Waals surface area (Å²) in [6, 6.07) is 2.30. The highest BCUT2D eigenvalue weighted by molar-refractivity contribution is 7.12. The minimum atomic E-state index is -0.161. The largest absolute Gasteiger partial charge is 0.387 e. The van der Waals surface area contributed by atoms with Crippen LogP contribution in [0.4, 0.5) is 0 Å². The number of hydrogen-bond acceptors (Lipinski definition) is 2. The van der Waals surface area contributed by atoms with E-state index >= 15 is 0 Å². The van der Waals surface area contributed by atoms with E-state index in [9.17, 15) is 5.11 Å². The summed E-state index contributed by atoms with van der Waals surface area (Å²) in [6.45, 7) is 0. The summed E-state index contributed by atoms with van der Waals surface area (Å²) in [6.07, 6.45) is 10.1. The molecule has 1 N–H and O–H groups in total. The lowest BCUT2D eigenvalue weighted by molar-refractivity contribution is 0.0649. The van der Waals surface area contributed by atoms with Crippen LogP contribution < -0.4 is 0 Å². The van der Waals surface area contributed by atoms with Crippen LogP contribution in [0.5, 0.6) is 0 Å². The summed E-state index contributed by atoms with van der Waals surface area (Å²) < 4.78 is 0. The molecule has 1 aromatic heterocycles. The number of thiophene rings is 1. The van der Waals surface area contributed by atoms with E-state index in [1.807, 2.05) is 11.3 Å². The lowest BCUT2D eigenvalue weighted by atomic mass is 9.80. The smallest absolute Gasteiger partial charge is 0.0910 e. The van der Waals surface area contributed by atoms with Gasteiger partial charge in [0.05, 0.1) is 6.10 Å². The van der Waals surface area contributed by atoms with Gasteiger partial charge in [-0.25, -0.2) is 0 Å². The quantitative estimate of drug-likeness (QED) is 0.773. The molecule has 2 aliphatic carbocycles. The summed E-state index contributed by atoms with van der Waals surface area (Å²) in [4.78, 5) is 2.81. The van der Waals surface area contributed by atoms with Crippen LogP contribution in [0.2, 0.25) is 0 Å². The Morgan fingerprint density at radius 1 is 1.12 bits per heavy atom. The molecule has 0 spiro atoms. The van der Waals surface area contributed by atoms with Gasteiger partial charge in [0, 0.05) is 9.75 Å². The van der Waals surface area contributed by atoms with Crippen LogP contribution in [-0.4, -0.2) is 5.11 Å². The molecule has 3 rings (SSSR count). The maximum atomic E-state index is 10.3. The van der Waals surface area contributed by atoms with Crippen molar-refractivity contribution in [2.24, 2.45) is 5.92 Å². The van der Waals surface area contributed by atoms with Crippen LogP contribution in [0, 0.1) is 5.92 Å². The normalized spacial score (nSPS) is 23.3. The maximum Gasteiger partial charge on any atom is 0.0910 e. The van der Waals surface area contributed by atoms with E-state index < -0.39 is 0 Å². The third-order valence-corrected chi connectivity index (χ3v) is 5.46. The Balaban J connectivity index is 1.80. The first-order valence-corrected chi connectivity index (χ1v) is 7.46. The van der Waals surface area contributed by atoms with Crippen molar-refractivity contribution in [2.45, 2.75) is 57.5 Å². The molecule has 1 heterocycles. The Morgan fingerprint density at radius 3 is 2.69 bits per heavy atom. The molecule has 1 unspecified atom stereocenters. The second-order valence-corrected chi connectivity index (χ2v) is 6.46. The molecule has 16 heavy (non-hydrogen) atoms. The fourth-order valence-corrected chi connectivity index (χ4v) is 4.16. The summed E-state index contributed by atoms with van der Waals surface area (Å²) >= 11 is 1.88. The number of aliphatic hydroxyl groups is 1. The van der Waals surface area contributed by atoms with Crippen LogP contribution in [0.25, 0.3) is 0 Å². The highest BCUT2D eigenvalue weighted by atomic mass is 32.1. The molecular formula is C14H20OS. The van der Waals surface area contributed by atoms with Crippen molar-refractivity contribution in [1.82, 2.24) is 0 Å². The molecule has 2 heteroatoms. The van der Waals surface area contributed by atoms with Gasteiger partial charge >= 0.3 is 0 Å². The zero-order valence-electron chi connectivity index (χ0n) is 9.74. The molecular weight excluding hydrogens is 216 g/mol. The van der Waals surface area contributed by atoms with E-state index in [4.69, 9.17) is 0 Å². The van der Waals surface area contributed by atoms with E-state index in [1.54, 1.807) is 4.88 Å². The lowest BCUT2D eigenvalue weighted by Crippen LogP contribution is -2.19. The Hall–Kier alpha value is -0.340. The Morgan fingerprint density at radius 2 is 1.94 bits per heavy atom. The summed E-state index contributed by atoms with van der Waals surface area (Å²) in [7, 11) is 0. The minimum absolute atomic E-state index is 0.161. The molecule has 0 bridgehead atoms. The van der Waals surface area contributed by atoms with Gasteiger partial charge in [0.1, 0.15) is 0 Å². The first-order chi connectivity index (χ1) is 7.84. The molecule has 1 saturated carbocycles. The third-order valence-electron chi connectivity index (χ3n) is 4.15. The molecule has 0 amide bonds. The van der Waals surface area contributed by atoms with E-state index in [0.717, 1.165) is 0 Å². The van der Waals surface area contributed by atoms with Crippen molar-refractivity contribution in [1.29, 1.82) is 0 Å². The van der Waals surface area contributed by atoms with Crippen molar-refractivity contribution >= 4 is 11.3 Å². The van der Waals surface area contributed by atoms with E-state index in [1.165, 1.54) is 61.8 Å². The summed E-state index contributed by atoms with van der Waals surface area (Å²) in [5.74, 6) is 0.558. The average molecular weight is 236 g/mol. The van der Waals surface area contributed by atoms with Gasteiger partial charge in [-0.2, -0.15) is 0 Å². The molecule has 2 aliphatic rings. The van der Waals surface area contributed by atoms with Crippen LogP contribution >= 0.6 is 11.3 Å². The zero-order valence-corrected chi connectivity index (χ0v) is 10.6. The van der Waals surface area contributed by atoms with E-state index in [2.05, 4.69) is 6.07 Å². The molecule has 1 nitrogen and oxygen atoms in total. The van der Waals surface area contributed by atoms with Gasteiger partial charge in [-0.3, -0.25) is 0 Å². The number of hydrogen-bond donors (Lipinski definition) is 1. The molecule has 88 valence electrons. The Kier molecular flexibility index (Phi) is 3.03. The zero-order chi connectivity index (χ0) is 11.0. The number of aryl methyl sites for hydroxylation is 2. The average Bonchev–Trinajstić information content (AvgIpc) is 2.48. The van der Waals surface area contributed by atoms with Gasteiger partial charge in [-0.1, -0.05) is 12.8 Å². The van der Waals surface area contributed by atoms with Crippen molar-refractivity contribution < 1.29 is 5.11 Å². The van der Waals surface area contributed by atoms with Crippen LogP contribution in [-0.2, 0) is 12.8 Å². The summed E-state index contributed by atoms with van der Waals surface area (Å²) in [5.41, 5.74) is 1.54. The van der Waals surface area contributed by atoms with Gasteiger partial charge in [0.15, 0.2) is 0 Å². The van der Waals surface area contributed by atoms with Gasteiger partial charge < -0.3 is 5.11 Å². The van der Waals surface area contributed by atoms with Crippen molar-refractivity contribution in [2.75, 3.05) is 0 Å². The Bertz CT molecular complexity index is 341. The molecule has 0 aromatic carbocycles.